The first kappa shape index (κ1) is 32.4. The van der Waals surface area contributed by atoms with E-state index in [1.807, 2.05) is 0 Å². The molecule has 0 saturated carbocycles. The summed E-state index contributed by atoms with van der Waals surface area (Å²) in [6, 6.07) is 7.47. The third kappa shape index (κ3) is 7.68. The number of ether oxygens (including phenoxy) is 2. The number of phosphoric acid groups is 1. The molecular formula is C22H28ClFN6O10P2. The lowest BCUT2D eigenvalue weighted by Gasteiger charge is -2.24. The van der Waals surface area contributed by atoms with Gasteiger partial charge in [-0.3, -0.25) is 18.4 Å². The fourth-order valence-corrected chi connectivity index (χ4v) is 7.04. The van der Waals surface area contributed by atoms with E-state index in [-0.39, 0.29) is 35.5 Å². The van der Waals surface area contributed by atoms with Crippen LogP contribution in [0, 0.1) is 0 Å². The standard InChI is InChI=1S/C22H28ClFN6O10P2/c1-3-37-41(33,29-12(2)21(32)36-9-13-7-5-4-6-8-13)40-42(34,35)38-10-14-17(31)15(24)20(39-14)30-11-26-16-18(25)27-22(23)28-19(16)30/h4-8,11-12,14-15,17,20,31H,3,9-10H2,1-2H3,(H,29,33)(H,34,35)(H2,25,27,28)/t12-,14?,15?,17?,20?,41?/m0/s1. The molecular weight excluding hydrogens is 625 g/mol. The number of esters is 1. The molecule has 6 unspecified atom stereocenters. The number of benzene rings is 1. The van der Waals surface area contributed by atoms with E-state index in [9.17, 15) is 23.9 Å². The van der Waals surface area contributed by atoms with Gasteiger partial charge in [0.25, 0.3) is 0 Å². The van der Waals surface area contributed by atoms with E-state index in [0.717, 1.165) is 10.9 Å². The number of nitrogens with one attached hydrogen (secondary N) is 1. The number of fused-ring (bicyclic) bond motifs is 1. The van der Waals surface area contributed by atoms with Gasteiger partial charge in [-0.05, 0) is 31.0 Å². The number of carbonyl (C=O) groups excluding carboxylic acids is 1. The number of nitrogens with two attached hydrogens (primary N) is 1. The number of carbonyl (C=O) groups is 1. The van der Waals surface area contributed by atoms with Crippen molar-refractivity contribution in [2.24, 2.45) is 0 Å². The van der Waals surface area contributed by atoms with Crippen LogP contribution in [0.1, 0.15) is 25.6 Å². The van der Waals surface area contributed by atoms with E-state index in [1.54, 1.807) is 30.3 Å². The van der Waals surface area contributed by atoms with Crippen LogP contribution in [0.2, 0.25) is 5.28 Å². The number of alkyl halides is 1. The molecule has 2 aromatic heterocycles. The minimum absolute atomic E-state index is 0.0187. The number of aromatic nitrogens is 4. The smallest absolute Gasteiger partial charge is 0.460 e. The van der Waals surface area contributed by atoms with E-state index in [1.165, 1.54) is 13.8 Å². The van der Waals surface area contributed by atoms with E-state index < -0.39 is 58.8 Å². The second-order valence-electron chi connectivity index (χ2n) is 8.91. The molecule has 1 aliphatic heterocycles. The van der Waals surface area contributed by atoms with E-state index in [4.69, 9.17) is 40.2 Å². The van der Waals surface area contributed by atoms with Gasteiger partial charge in [0.05, 0.1) is 19.5 Å². The summed E-state index contributed by atoms with van der Waals surface area (Å²) in [5.41, 5.74) is 6.59. The fourth-order valence-electron chi connectivity index (χ4n) is 3.89. The Bertz CT molecular complexity index is 1500. The zero-order valence-corrected chi connectivity index (χ0v) is 24.7. The molecule has 0 aliphatic carbocycles. The second kappa shape index (κ2) is 13.4. The van der Waals surface area contributed by atoms with Crippen molar-refractivity contribution in [1.82, 2.24) is 24.6 Å². The van der Waals surface area contributed by atoms with Crippen LogP contribution in [0.3, 0.4) is 0 Å². The Kier molecular flexibility index (Phi) is 10.3. The molecule has 16 nitrogen and oxygen atoms in total. The average Bonchev–Trinajstić information content (AvgIpc) is 3.46. The van der Waals surface area contributed by atoms with E-state index in [2.05, 4.69) is 20.0 Å². The molecule has 7 atom stereocenters. The van der Waals surface area contributed by atoms with Gasteiger partial charge in [-0.15, -0.1) is 0 Å². The zero-order valence-electron chi connectivity index (χ0n) is 22.1. The Labute approximate surface area is 243 Å². The summed E-state index contributed by atoms with van der Waals surface area (Å²) >= 11 is 5.83. The fraction of sp³-hybridized carbons (Fsp3) is 0.455. The van der Waals surface area contributed by atoms with Crippen molar-refractivity contribution in [3.8, 4) is 0 Å². The number of anilines is 1. The predicted molar refractivity (Wildman–Crippen MR) is 144 cm³/mol. The van der Waals surface area contributed by atoms with Gasteiger partial charge >= 0.3 is 21.5 Å². The van der Waals surface area contributed by atoms with Crippen LogP contribution >= 0.6 is 27.2 Å². The molecule has 5 N–H and O–H groups in total. The summed E-state index contributed by atoms with van der Waals surface area (Å²) in [5.74, 6) is -0.916. The molecule has 20 heteroatoms. The maximum Gasteiger partial charge on any atom is 0.480 e. The minimum Gasteiger partial charge on any atom is -0.460 e. The van der Waals surface area contributed by atoms with Gasteiger partial charge in [-0.2, -0.15) is 14.3 Å². The third-order valence-electron chi connectivity index (χ3n) is 5.83. The SMILES string of the molecule is CCOP(=O)(N[C@@H](C)C(=O)OCc1ccccc1)OP(=O)(O)OCC1OC(n2cnc3c(N)nc(Cl)nc32)C(F)C1O. The van der Waals surface area contributed by atoms with E-state index >= 15 is 4.39 Å². The average molecular weight is 653 g/mol. The molecule has 0 amide bonds. The maximum absolute atomic E-state index is 15.0. The first-order valence-corrected chi connectivity index (χ1v) is 15.8. The number of imidazole rings is 1. The quantitative estimate of drug-likeness (QED) is 0.118. The highest BCUT2D eigenvalue weighted by Gasteiger charge is 2.47. The van der Waals surface area contributed by atoms with Gasteiger partial charge in [0.15, 0.2) is 23.9 Å². The van der Waals surface area contributed by atoms with Crippen molar-refractivity contribution in [2.45, 2.75) is 51.1 Å². The van der Waals surface area contributed by atoms with Crippen molar-refractivity contribution >= 4 is 50.1 Å². The number of phosphoric ester groups is 1. The van der Waals surface area contributed by atoms with Crippen LogP contribution in [-0.4, -0.2) is 73.1 Å². The molecule has 1 aliphatic rings. The molecule has 0 radical (unpaired) electrons. The second-order valence-corrected chi connectivity index (χ2v) is 12.6. The number of halogens is 2. The van der Waals surface area contributed by atoms with Crippen molar-refractivity contribution in [3.05, 3.63) is 47.5 Å². The van der Waals surface area contributed by atoms with Crippen LogP contribution in [0.15, 0.2) is 36.7 Å². The summed E-state index contributed by atoms with van der Waals surface area (Å²) in [6.45, 7) is 1.51. The van der Waals surface area contributed by atoms with Crippen LogP contribution in [0.4, 0.5) is 10.2 Å². The summed E-state index contributed by atoms with van der Waals surface area (Å²) in [5, 5.41) is 12.4. The topological polar surface area (TPSA) is 219 Å². The highest BCUT2D eigenvalue weighted by molar-refractivity contribution is 7.63. The highest BCUT2D eigenvalue weighted by atomic mass is 35.5. The Morgan fingerprint density at radius 1 is 1.29 bits per heavy atom. The van der Waals surface area contributed by atoms with Crippen molar-refractivity contribution in [2.75, 3.05) is 18.9 Å². The number of nitrogens with zero attached hydrogens (tertiary/aromatic N) is 4. The van der Waals surface area contributed by atoms with Gasteiger partial charge in [0.1, 0.15) is 30.4 Å². The summed E-state index contributed by atoms with van der Waals surface area (Å²) in [7, 11) is -9.86. The Morgan fingerprint density at radius 2 is 2.00 bits per heavy atom. The Hall–Kier alpha value is -2.56. The molecule has 1 aromatic carbocycles. The van der Waals surface area contributed by atoms with E-state index in [0.29, 0.717) is 5.56 Å². The number of hydrogen-bond donors (Lipinski definition) is 4. The molecule has 0 bridgehead atoms. The molecule has 42 heavy (non-hydrogen) atoms. The molecule has 0 spiro atoms. The van der Waals surface area contributed by atoms with Gasteiger partial charge in [0, 0.05) is 0 Å². The minimum atomic E-state index is -5.21. The van der Waals surface area contributed by atoms with Crippen molar-refractivity contribution < 1.29 is 51.1 Å². The third-order valence-corrected chi connectivity index (χ3v) is 9.46. The van der Waals surface area contributed by atoms with Gasteiger partial charge in [0.2, 0.25) is 5.28 Å². The number of rotatable bonds is 13. The predicted octanol–water partition coefficient (Wildman–Crippen LogP) is 2.66. The lowest BCUT2D eigenvalue weighted by molar-refractivity contribution is -0.146. The van der Waals surface area contributed by atoms with Crippen molar-refractivity contribution in [3.63, 3.8) is 0 Å². The lowest BCUT2D eigenvalue weighted by Crippen LogP contribution is -2.34. The molecule has 1 saturated heterocycles. The van der Waals surface area contributed by atoms with Crippen LogP contribution in [0.25, 0.3) is 11.2 Å². The number of aliphatic hydroxyl groups is 1. The zero-order chi connectivity index (χ0) is 30.7. The number of hydrogen-bond acceptors (Lipinski definition) is 13. The first-order chi connectivity index (χ1) is 19.8. The number of nitrogen functional groups attached to an aromatic ring is 1. The largest absolute Gasteiger partial charge is 0.480 e. The normalized spacial score (nSPS) is 24.2. The van der Waals surface area contributed by atoms with Crippen molar-refractivity contribution in [1.29, 1.82) is 0 Å². The Balaban J connectivity index is 1.37. The molecule has 4 rings (SSSR count). The van der Waals surface area contributed by atoms with Crippen LogP contribution in [0.5, 0.6) is 0 Å². The van der Waals surface area contributed by atoms with Gasteiger partial charge < -0.3 is 25.2 Å². The summed E-state index contributed by atoms with van der Waals surface area (Å²) in [6.07, 6.45) is -5.74. The van der Waals surface area contributed by atoms with Crippen LogP contribution in [-0.2, 0) is 43.4 Å². The highest BCUT2D eigenvalue weighted by Crippen LogP contribution is 2.61. The van der Waals surface area contributed by atoms with Crippen LogP contribution < -0.4 is 10.8 Å². The van der Waals surface area contributed by atoms with Gasteiger partial charge in [-0.25, -0.2) is 23.6 Å². The molecule has 1 fully saturated rings. The Morgan fingerprint density at radius 3 is 2.69 bits per heavy atom. The molecule has 3 heterocycles. The summed E-state index contributed by atoms with van der Waals surface area (Å²) < 4.78 is 67.3. The van der Waals surface area contributed by atoms with Gasteiger partial charge in [-0.1, -0.05) is 30.3 Å². The molecule has 3 aromatic rings. The maximum atomic E-state index is 15.0. The monoisotopic (exact) mass is 652 g/mol. The first-order valence-electron chi connectivity index (χ1n) is 12.4. The summed E-state index contributed by atoms with van der Waals surface area (Å²) in [4.78, 5) is 34.4. The lowest BCUT2D eigenvalue weighted by atomic mass is 10.1. The number of aliphatic hydroxyl groups excluding tert-OH is 1. The molecule has 230 valence electrons.